The van der Waals surface area contributed by atoms with E-state index in [-0.39, 0.29) is 11.2 Å². The Hall–Kier alpha value is -3.10. The van der Waals surface area contributed by atoms with Crippen molar-refractivity contribution in [2.75, 3.05) is 19.5 Å². The van der Waals surface area contributed by atoms with Crippen molar-refractivity contribution in [1.82, 2.24) is 9.97 Å². The topological polar surface area (TPSA) is 73.3 Å². The molecular formula is C24H23N3O3S2. The molecule has 1 N–H and O–H groups in total. The molecule has 2 heterocycles. The number of hydrogen-bond donors (Lipinski definition) is 1. The minimum atomic E-state index is -0.330. The van der Waals surface area contributed by atoms with Gasteiger partial charge in [0.05, 0.1) is 25.2 Å². The molecule has 0 saturated carbocycles. The number of carbonyl (C=O) groups is 1. The van der Waals surface area contributed by atoms with Gasteiger partial charge in [0.1, 0.15) is 27.7 Å². The van der Waals surface area contributed by atoms with Gasteiger partial charge in [-0.2, -0.15) is 0 Å². The van der Waals surface area contributed by atoms with Gasteiger partial charge in [-0.05, 0) is 30.2 Å². The lowest BCUT2D eigenvalue weighted by atomic mass is 10.2. The molecule has 164 valence electrons. The molecule has 1 atom stereocenters. The van der Waals surface area contributed by atoms with Gasteiger partial charge in [0.2, 0.25) is 5.91 Å². The summed E-state index contributed by atoms with van der Waals surface area (Å²) in [6.07, 6.45) is 2.20. The fourth-order valence-corrected chi connectivity index (χ4v) is 5.32. The van der Waals surface area contributed by atoms with Crippen molar-refractivity contribution in [3.05, 3.63) is 60.9 Å². The molecular weight excluding hydrogens is 442 g/mol. The molecule has 0 aliphatic carbocycles. The third kappa shape index (κ3) is 4.71. The molecule has 0 bridgehead atoms. The van der Waals surface area contributed by atoms with Crippen LogP contribution in [-0.2, 0) is 4.79 Å². The number of fused-ring (bicyclic) bond motifs is 1. The van der Waals surface area contributed by atoms with Crippen molar-refractivity contribution in [2.45, 2.75) is 23.6 Å². The van der Waals surface area contributed by atoms with Crippen molar-refractivity contribution in [2.24, 2.45) is 0 Å². The van der Waals surface area contributed by atoms with E-state index in [0.29, 0.717) is 23.6 Å². The highest BCUT2D eigenvalue weighted by Crippen LogP contribution is 2.38. The largest absolute Gasteiger partial charge is 0.497 e. The first-order chi connectivity index (χ1) is 15.6. The van der Waals surface area contributed by atoms with E-state index in [0.717, 1.165) is 25.7 Å². The highest BCUT2D eigenvalue weighted by molar-refractivity contribution is 8.00. The van der Waals surface area contributed by atoms with Gasteiger partial charge >= 0.3 is 0 Å². The summed E-state index contributed by atoms with van der Waals surface area (Å²) in [5.41, 5.74) is 1.71. The van der Waals surface area contributed by atoms with Gasteiger partial charge in [0.15, 0.2) is 0 Å². The van der Waals surface area contributed by atoms with Crippen LogP contribution in [0.5, 0.6) is 11.5 Å². The van der Waals surface area contributed by atoms with Crippen LogP contribution in [0.3, 0.4) is 0 Å². The first kappa shape index (κ1) is 22.1. The van der Waals surface area contributed by atoms with E-state index < -0.39 is 0 Å². The Morgan fingerprint density at radius 1 is 1.09 bits per heavy atom. The number of methoxy groups -OCH3 is 2. The summed E-state index contributed by atoms with van der Waals surface area (Å²) in [4.78, 5) is 24.1. The lowest BCUT2D eigenvalue weighted by Gasteiger charge is -2.16. The van der Waals surface area contributed by atoms with Crippen LogP contribution in [0.25, 0.3) is 20.7 Å². The molecule has 1 unspecified atom stereocenters. The number of ether oxygens (including phenoxy) is 2. The van der Waals surface area contributed by atoms with Crippen molar-refractivity contribution in [1.29, 1.82) is 0 Å². The molecule has 0 aliphatic heterocycles. The number of amides is 1. The Bertz CT molecular complexity index is 1230. The number of nitrogens with one attached hydrogen (secondary N) is 1. The molecule has 2 aromatic heterocycles. The van der Waals surface area contributed by atoms with Crippen LogP contribution in [-0.4, -0.2) is 35.3 Å². The van der Waals surface area contributed by atoms with E-state index >= 15 is 0 Å². The van der Waals surface area contributed by atoms with Gasteiger partial charge in [0.25, 0.3) is 0 Å². The number of carbonyl (C=O) groups excluding carboxylic acids is 1. The Morgan fingerprint density at radius 2 is 1.91 bits per heavy atom. The van der Waals surface area contributed by atoms with E-state index in [9.17, 15) is 4.79 Å². The Balaban J connectivity index is 1.58. The first-order valence-electron chi connectivity index (χ1n) is 10.1. The summed E-state index contributed by atoms with van der Waals surface area (Å²) < 4.78 is 10.7. The number of aromatic nitrogens is 2. The predicted molar refractivity (Wildman–Crippen MR) is 131 cm³/mol. The smallest absolute Gasteiger partial charge is 0.238 e. The lowest BCUT2D eigenvalue weighted by Crippen LogP contribution is -2.25. The minimum Gasteiger partial charge on any atom is -0.497 e. The van der Waals surface area contributed by atoms with Crippen LogP contribution < -0.4 is 14.8 Å². The molecule has 4 aromatic rings. The molecule has 0 aliphatic rings. The molecule has 32 heavy (non-hydrogen) atoms. The molecule has 0 fully saturated rings. The van der Waals surface area contributed by atoms with Crippen molar-refractivity contribution >= 4 is 44.9 Å². The van der Waals surface area contributed by atoms with E-state index in [1.165, 1.54) is 11.8 Å². The highest BCUT2D eigenvalue weighted by Gasteiger charge is 2.22. The summed E-state index contributed by atoms with van der Waals surface area (Å²) >= 11 is 3.07. The SMILES string of the molecule is CCC(Sc1ncnc2sc(-c3ccccc3)cc12)C(=O)Nc1cc(OC)ccc1OC. The number of rotatable bonds is 8. The fourth-order valence-electron chi connectivity index (χ4n) is 3.25. The van der Waals surface area contributed by atoms with Crippen LogP contribution in [0.4, 0.5) is 5.69 Å². The predicted octanol–water partition coefficient (Wildman–Crippen LogP) is 5.88. The average molecular weight is 466 g/mol. The van der Waals surface area contributed by atoms with E-state index in [4.69, 9.17) is 9.47 Å². The van der Waals surface area contributed by atoms with Crippen LogP contribution in [0.2, 0.25) is 0 Å². The number of nitrogens with zero attached hydrogens (tertiary/aromatic N) is 2. The van der Waals surface area contributed by atoms with Gasteiger partial charge in [0, 0.05) is 16.3 Å². The highest BCUT2D eigenvalue weighted by atomic mass is 32.2. The molecule has 4 rings (SSSR count). The van der Waals surface area contributed by atoms with Gasteiger partial charge in [-0.1, -0.05) is 49.0 Å². The quantitative estimate of drug-likeness (QED) is 0.259. The second kappa shape index (κ2) is 10.0. The van der Waals surface area contributed by atoms with Crippen molar-refractivity contribution in [3.63, 3.8) is 0 Å². The third-order valence-corrected chi connectivity index (χ3v) is 7.41. The number of anilines is 1. The summed E-state index contributed by atoms with van der Waals surface area (Å²) in [5, 5.41) is 4.41. The third-order valence-electron chi connectivity index (χ3n) is 4.93. The molecule has 0 radical (unpaired) electrons. The Labute approximate surface area is 195 Å². The summed E-state index contributed by atoms with van der Waals surface area (Å²) in [6, 6.07) is 17.6. The van der Waals surface area contributed by atoms with Crippen molar-refractivity contribution < 1.29 is 14.3 Å². The monoisotopic (exact) mass is 465 g/mol. The van der Waals surface area contributed by atoms with Crippen LogP contribution >= 0.6 is 23.1 Å². The zero-order valence-electron chi connectivity index (χ0n) is 18.0. The van der Waals surface area contributed by atoms with E-state index in [1.54, 1.807) is 50.1 Å². The number of thioether (sulfide) groups is 1. The van der Waals surface area contributed by atoms with Crippen LogP contribution in [0.15, 0.2) is 66.0 Å². The normalized spacial score (nSPS) is 11.8. The van der Waals surface area contributed by atoms with E-state index in [1.807, 2.05) is 25.1 Å². The second-order valence-electron chi connectivity index (χ2n) is 6.94. The minimum absolute atomic E-state index is 0.116. The first-order valence-corrected chi connectivity index (χ1v) is 11.8. The standard InChI is InChI=1S/C24H23N3O3S2/c1-4-20(22(28)27-18-12-16(29-2)10-11-19(18)30-3)31-23-17-13-21(15-8-6-5-7-9-15)32-24(17)26-14-25-23/h5-14,20H,4H2,1-3H3,(H,27,28). The maximum absolute atomic E-state index is 13.1. The second-order valence-corrected chi connectivity index (χ2v) is 9.17. The van der Waals surface area contributed by atoms with Crippen LogP contribution in [0, 0.1) is 0 Å². The Kier molecular flexibility index (Phi) is 6.92. The average Bonchev–Trinajstić information content (AvgIpc) is 3.28. The van der Waals surface area contributed by atoms with Gasteiger partial charge in [-0.3, -0.25) is 4.79 Å². The van der Waals surface area contributed by atoms with Gasteiger partial charge in [-0.25, -0.2) is 9.97 Å². The number of hydrogen-bond acceptors (Lipinski definition) is 7. The number of thiophene rings is 1. The summed E-state index contributed by atoms with van der Waals surface area (Å²) in [7, 11) is 3.16. The summed E-state index contributed by atoms with van der Waals surface area (Å²) in [6.45, 7) is 1.99. The Morgan fingerprint density at radius 3 is 2.62 bits per heavy atom. The summed E-state index contributed by atoms with van der Waals surface area (Å²) in [5.74, 6) is 1.11. The number of benzene rings is 2. The lowest BCUT2D eigenvalue weighted by molar-refractivity contribution is -0.115. The maximum Gasteiger partial charge on any atom is 0.238 e. The fraction of sp³-hybridized carbons (Fsp3) is 0.208. The van der Waals surface area contributed by atoms with Crippen molar-refractivity contribution in [3.8, 4) is 21.9 Å². The molecule has 6 nitrogen and oxygen atoms in total. The van der Waals surface area contributed by atoms with Crippen LogP contribution in [0.1, 0.15) is 13.3 Å². The zero-order valence-corrected chi connectivity index (χ0v) is 19.6. The van der Waals surface area contributed by atoms with Gasteiger partial charge < -0.3 is 14.8 Å². The molecule has 2 aromatic carbocycles. The zero-order chi connectivity index (χ0) is 22.5. The molecule has 0 saturated heterocycles. The molecule has 1 amide bonds. The van der Waals surface area contributed by atoms with Gasteiger partial charge in [-0.15, -0.1) is 11.3 Å². The molecule has 8 heteroatoms. The molecule has 0 spiro atoms. The maximum atomic E-state index is 13.1. The van der Waals surface area contributed by atoms with E-state index in [2.05, 4.69) is 33.5 Å².